The first-order chi connectivity index (χ1) is 12.7. The molecule has 0 spiro atoms. The van der Waals surface area contributed by atoms with Crippen molar-refractivity contribution in [3.63, 3.8) is 0 Å². The third-order valence-corrected chi connectivity index (χ3v) is 4.29. The Kier molecular flexibility index (Phi) is 6.49. The second kappa shape index (κ2) is 9.02. The second-order valence-electron chi connectivity index (χ2n) is 5.61. The Morgan fingerprint density at radius 3 is 2.54 bits per heavy atom. The minimum atomic E-state index is -0.103. The van der Waals surface area contributed by atoms with E-state index < -0.39 is 0 Å². The van der Waals surface area contributed by atoms with Crippen LogP contribution in [0.25, 0.3) is 11.5 Å². The van der Waals surface area contributed by atoms with Gasteiger partial charge in [0.1, 0.15) is 17.2 Å². The van der Waals surface area contributed by atoms with Gasteiger partial charge in [0.2, 0.25) is 12.3 Å². The minimum Gasteiger partial charge on any atom is -0.493 e. The molecule has 0 fully saturated rings. The van der Waals surface area contributed by atoms with Crippen LogP contribution in [-0.4, -0.2) is 27.1 Å². The van der Waals surface area contributed by atoms with Crippen molar-refractivity contribution in [3.05, 3.63) is 46.1 Å². The van der Waals surface area contributed by atoms with Crippen LogP contribution in [0.15, 0.2) is 33.5 Å². The van der Waals surface area contributed by atoms with Crippen LogP contribution >= 0.6 is 23.2 Å². The van der Waals surface area contributed by atoms with Gasteiger partial charge in [-0.25, -0.2) is 0 Å². The molecule has 0 aliphatic rings. The molecule has 0 saturated heterocycles. The largest absolute Gasteiger partial charge is 0.493 e. The van der Waals surface area contributed by atoms with Crippen molar-refractivity contribution >= 4 is 23.2 Å². The van der Waals surface area contributed by atoms with Crippen molar-refractivity contribution in [1.29, 1.82) is 0 Å². The second-order valence-corrected chi connectivity index (χ2v) is 6.42. The van der Waals surface area contributed by atoms with Gasteiger partial charge in [0.25, 0.3) is 0 Å². The molecule has 0 aliphatic carbocycles. The molecule has 0 radical (unpaired) electrons. The van der Waals surface area contributed by atoms with Crippen LogP contribution in [0.5, 0.6) is 5.75 Å². The Hall–Kier alpha value is -2.09. The molecule has 26 heavy (non-hydrogen) atoms. The van der Waals surface area contributed by atoms with Gasteiger partial charge >= 0.3 is 0 Å². The molecule has 0 amide bonds. The average molecular weight is 398 g/mol. The summed E-state index contributed by atoms with van der Waals surface area (Å²) in [7, 11) is 0. The Labute approximate surface area is 159 Å². The number of aryl methyl sites for hydroxylation is 1. The molecule has 9 heteroatoms. The molecule has 3 aromatic rings. The number of benzene rings is 1. The van der Waals surface area contributed by atoms with Crippen molar-refractivity contribution < 1.29 is 18.8 Å². The topological polar surface area (TPSA) is 94.4 Å². The molecule has 1 aromatic carbocycles. The molecule has 0 aliphatic heterocycles. The molecule has 7 nitrogen and oxygen atoms in total. The van der Waals surface area contributed by atoms with E-state index in [1.54, 1.807) is 18.2 Å². The summed E-state index contributed by atoms with van der Waals surface area (Å²) in [6.45, 7) is 0.443. The molecule has 2 heterocycles. The summed E-state index contributed by atoms with van der Waals surface area (Å²) in [6.07, 6.45) is 4.79. The van der Waals surface area contributed by atoms with E-state index >= 15 is 0 Å². The van der Waals surface area contributed by atoms with Gasteiger partial charge in [0.15, 0.2) is 0 Å². The van der Waals surface area contributed by atoms with E-state index in [1.165, 1.54) is 6.39 Å². The van der Waals surface area contributed by atoms with Crippen LogP contribution < -0.4 is 4.74 Å². The number of hydrogen-bond donors (Lipinski definition) is 1. The van der Waals surface area contributed by atoms with Crippen molar-refractivity contribution in [3.8, 4) is 17.2 Å². The summed E-state index contributed by atoms with van der Waals surface area (Å²) in [4.78, 5) is 0. The van der Waals surface area contributed by atoms with Crippen LogP contribution in [0.2, 0.25) is 10.0 Å². The molecule has 1 N–H and O–H groups in total. The van der Waals surface area contributed by atoms with Crippen LogP contribution in [-0.2, 0) is 13.0 Å². The number of halogens is 2. The highest BCUT2D eigenvalue weighted by molar-refractivity contribution is 6.39. The number of hydrogen-bond acceptors (Lipinski definition) is 7. The molecule has 0 atom stereocenters. The lowest BCUT2D eigenvalue weighted by Crippen LogP contribution is -1.98. The van der Waals surface area contributed by atoms with E-state index in [-0.39, 0.29) is 12.5 Å². The van der Waals surface area contributed by atoms with Gasteiger partial charge in [0, 0.05) is 12.5 Å². The normalized spacial score (nSPS) is 11.0. The Morgan fingerprint density at radius 1 is 1.08 bits per heavy atom. The molecule has 0 bridgehead atoms. The zero-order valence-electron chi connectivity index (χ0n) is 13.8. The lowest BCUT2D eigenvalue weighted by molar-refractivity contribution is 0.264. The fraction of sp³-hybridized carbons (Fsp3) is 0.353. The summed E-state index contributed by atoms with van der Waals surface area (Å²) in [5.41, 5.74) is 1.05. The smallest absolute Gasteiger partial charge is 0.250 e. The van der Waals surface area contributed by atoms with Crippen molar-refractivity contribution in [2.75, 3.05) is 6.61 Å². The van der Waals surface area contributed by atoms with Gasteiger partial charge in [-0.15, -0.1) is 10.2 Å². The lowest BCUT2D eigenvalue weighted by Gasteiger charge is -2.09. The maximum atomic E-state index is 8.94. The number of aromatic nitrogens is 3. The first-order valence-corrected chi connectivity index (χ1v) is 8.86. The molecular weight excluding hydrogens is 381 g/mol. The van der Waals surface area contributed by atoms with Crippen LogP contribution in [0, 0.1) is 0 Å². The molecular formula is C17H17Cl2N3O4. The quantitative estimate of drug-likeness (QED) is 0.537. The van der Waals surface area contributed by atoms with E-state index in [4.69, 9.17) is 42.0 Å². The highest BCUT2D eigenvalue weighted by atomic mass is 35.5. The van der Waals surface area contributed by atoms with Gasteiger partial charge < -0.3 is 18.8 Å². The number of nitrogens with zero attached hydrogens (tertiary/aromatic N) is 3. The third-order valence-electron chi connectivity index (χ3n) is 3.70. The molecule has 0 unspecified atom stereocenters. The van der Waals surface area contributed by atoms with E-state index in [9.17, 15) is 0 Å². The number of ether oxygens (including phenoxy) is 1. The standard InChI is InChI=1S/C17H17Cl2N3O4/c18-14-7-13(8-15(19)16(14)17-21-20-10-25-17)24-5-3-1-2-4-12-6-11(9-23)22-26-12/h6-8,10,23H,1-5,9H2. The van der Waals surface area contributed by atoms with Crippen LogP contribution in [0.3, 0.4) is 0 Å². The lowest BCUT2D eigenvalue weighted by atomic mass is 10.1. The number of unbranched alkanes of at least 4 members (excludes halogenated alkanes) is 2. The predicted octanol–water partition coefficient (Wildman–Crippen LogP) is 4.32. The monoisotopic (exact) mass is 397 g/mol. The SMILES string of the molecule is OCc1cc(CCCCCOc2cc(Cl)c(-c3nnco3)c(Cl)c2)on1. The highest BCUT2D eigenvalue weighted by Gasteiger charge is 2.15. The first-order valence-electron chi connectivity index (χ1n) is 8.11. The van der Waals surface area contributed by atoms with Crippen molar-refractivity contribution in [1.82, 2.24) is 15.4 Å². The maximum absolute atomic E-state index is 8.94. The van der Waals surface area contributed by atoms with E-state index in [0.29, 0.717) is 33.7 Å². The van der Waals surface area contributed by atoms with Gasteiger partial charge in [-0.3, -0.25) is 0 Å². The summed E-state index contributed by atoms with van der Waals surface area (Å²) in [5.74, 6) is 1.64. The Balaban J connectivity index is 1.43. The van der Waals surface area contributed by atoms with Crippen LogP contribution in [0.1, 0.15) is 30.7 Å². The number of rotatable bonds is 9. The molecule has 0 saturated carbocycles. The van der Waals surface area contributed by atoms with E-state index in [2.05, 4.69) is 15.4 Å². The van der Waals surface area contributed by atoms with Gasteiger partial charge in [-0.2, -0.15) is 0 Å². The van der Waals surface area contributed by atoms with Crippen LogP contribution in [0.4, 0.5) is 0 Å². The summed E-state index contributed by atoms with van der Waals surface area (Å²) < 4.78 is 16.0. The van der Waals surface area contributed by atoms with Gasteiger partial charge in [-0.05, 0) is 31.4 Å². The predicted molar refractivity (Wildman–Crippen MR) is 95.2 cm³/mol. The Morgan fingerprint density at radius 2 is 1.88 bits per heavy atom. The third kappa shape index (κ3) is 4.75. The summed E-state index contributed by atoms with van der Waals surface area (Å²) in [5, 5.41) is 20.9. The molecule has 3 rings (SSSR count). The fourth-order valence-electron chi connectivity index (χ4n) is 2.44. The minimum absolute atomic E-state index is 0.103. The maximum Gasteiger partial charge on any atom is 0.250 e. The average Bonchev–Trinajstić information content (AvgIpc) is 3.29. The highest BCUT2D eigenvalue weighted by Crippen LogP contribution is 2.37. The van der Waals surface area contributed by atoms with E-state index in [0.717, 1.165) is 31.4 Å². The van der Waals surface area contributed by atoms with Gasteiger partial charge in [0.05, 0.1) is 28.8 Å². The first kappa shape index (κ1) is 18.7. The summed E-state index contributed by atoms with van der Waals surface area (Å²) in [6, 6.07) is 5.13. The van der Waals surface area contributed by atoms with Gasteiger partial charge in [-0.1, -0.05) is 28.4 Å². The number of aliphatic hydroxyl groups is 1. The number of aliphatic hydroxyl groups excluding tert-OH is 1. The Bertz CT molecular complexity index is 813. The fourth-order valence-corrected chi connectivity index (χ4v) is 3.06. The van der Waals surface area contributed by atoms with E-state index in [1.807, 2.05) is 0 Å². The molecule has 138 valence electrons. The van der Waals surface area contributed by atoms with Crippen molar-refractivity contribution in [2.45, 2.75) is 32.3 Å². The molecule has 2 aromatic heterocycles. The zero-order valence-corrected chi connectivity index (χ0v) is 15.3. The zero-order chi connectivity index (χ0) is 18.4. The van der Waals surface area contributed by atoms with Crippen molar-refractivity contribution in [2.24, 2.45) is 0 Å². The summed E-state index contributed by atoms with van der Waals surface area (Å²) >= 11 is 12.5.